The molecular formula is C19H22N4O. The standard InChI is InChI=1S/C19H22N4O/c24-18(21-15-7-2-1-3-8-15)16-10-12-20-19(22-16)23-13-11-14-6-4-5-9-17(14)23/h4-6,9-10,12,15H,1-3,7-8,11,13H2,(H,21,24). The van der Waals surface area contributed by atoms with Crippen LogP contribution in [0.1, 0.15) is 48.2 Å². The lowest BCUT2D eigenvalue weighted by Crippen LogP contribution is -2.36. The lowest BCUT2D eigenvalue weighted by Gasteiger charge is -2.23. The number of aromatic nitrogens is 2. The Hall–Kier alpha value is -2.43. The van der Waals surface area contributed by atoms with Gasteiger partial charge in [0.1, 0.15) is 5.69 Å². The van der Waals surface area contributed by atoms with Gasteiger partial charge in [0.05, 0.1) is 0 Å². The number of hydrogen-bond acceptors (Lipinski definition) is 4. The normalized spacial score (nSPS) is 17.6. The molecule has 0 radical (unpaired) electrons. The van der Waals surface area contributed by atoms with Crippen molar-refractivity contribution in [2.24, 2.45) is 0 Å². The SMILES string of the molecule is O=C(NC1CCCCC1)c1ccnc(N2CCc3ccccc32)n1. The Morgan fingerprint density at radius 3 is 2.83 bits per heavy atom. The Labute approximate surface area is 142 Å². The average Bonchev–Trinajstić information content (AvgIpc) is 3.07. The molecule has 0 saturated heterocycles. The van der Waals surface area contributed by atoms with Crippen molar-refractivity contribution >= 4 is 17.5 Å². The van der Waals surface area contributed by atoms with E-state index in [1.54, 1.807) is 12.3 Å². The van der Waals surface area contributed by atoms with Crippen LogP contribution in [-0.2, 0) is 6.42 Å². The summed E-state index contributed by atoms with van der Waals surface area (Å²) in [7, 11) is 0. The molecule has 5 heteroatoms. The molecule has 0 bridgehead atoms. The van der Waals surface area contributed by atoms with Crippen molar-refractivity contribution in [3.05, 3.63) is 47.8 Å². The lowest BCUT2D eigenvalue weighted by atomic mass is 9.95. The van der Waals surface area contributed by atoms with Gasteiger partial charge in [-0.05, 0) is 37.0 Å². The summed E-state index contributed by atoms with van der Waals surface area (Å²) in [5, 5.41) is 3.12. The van der Waals surface area contributed by atoms with E-state index in [1.165, 1.54) is 24.8 Å². The van der Waals surface area contributed by atoms with E-state index in [0.717, 1.165) is 31.5 Å². The van der Waals surface area contributed by atoms with Gasteiger partial charge in [-0.2, -0.15) is 0 Å². The lowest BCUT2D eigenvalue weighted by molar-refractivity contribution is 0.0922. The van der Waals surface area contributed by atoms with Crippen LogP contribution >= 0.6 is 0 Å². The number of amides is 1. The number of nitrogens with one attached hydrogen (secondary N) is 1. The minimum Gasteiger partial charge on any atom is -0.348 e. The van der Waals surface area contributed by atoms with Crippen molar-refractivity contribution in [1.29, 1.82) is 0 Å². The molecule has 0 spiro atoms. The highest BCUT2D eigenvalue weighted by Crippen LogP contribution is 2.32. The van der Waals surface area contributed by atoms with E-state index < -0.39 is 0 Å². The summed E-state index contributed by atoms with van der Waals surface area (Å²) in [5.41, 5.74) is 2.90. The molecule has 124 valence electrons. The second kappa shape index (κ2) is 6.59. The molecule has 0 atom stereocenters. The molecule has 0 unspecified atom stereocenters. The molecule has 5 nitrogen and oxygen atoms in total. The fourth-order valence-electron chi connectivity index (χ4n) is 3.66. The van der Waals surface area contributed by atoms with E-state index in [1.807, 2.05) is 6.07 Å². The highest BCUT2D eigenvalue weighted by Gasteiger charge is 2.23. The van der Waals surface area contributed by atoms with Crippen molar-refractivity contribution < 1.29 is 4.79 Å². The van der Waals surface area contributed by atoms with E-state index in [-0.39, 0.29) is 11.9 Å². The van der Waals surface area contributed by atoms with Crippen molar-refractivity contribution in [2.75, 3.05) is 11.4 Å². The highest BCUT2D eigenvalue weighted by atomic mass is 16.1. The van der Waals surface area contributed by atoms with Crippen LogP contribution in [0.5, 0.6) is 0 Å². The van der Waals surface area contributed by atoms with Crippen LogP contribution in [0.25, 0.3) is 0 Å². The first-order valence-corrected chi connectivity index (χ1v) is 8.80. The Morgan fingerprint density at radius 1 is 1.12 bits per heavy atom. The van der Waals surface area contributed by atoms with Crippen LogP contribution in [-0.4, -0.2) is 28.5 Å². The van der Waals surface area contributed by atoms with Gasteiger partial charge >= 0.3 is 0 Å². The van der Waals surface area contributed by atoms with Crippen LogP contribution < -0.4 is 10.2 Å². The van der Waals surface area contributed by atoms with Crippen LogP contribution in [0.15, 0.2) is 36.5 Å². The first kappa shape index (κ1) is 15.1. The minimum absolute atomic E-state index is 0.0852. The van der Waals surface area contributed by atoms with Crippen molar-refractivity contribution in [3.63, 3.8) is 0 Å². The number of fused-ring (bicyclic) bond motifs is 1. The molecule has 2 aliphatic rings. The van der Waals surface area contributed by atoms with E-state index in [9.17, 15) is 4.79 Å². The fourth-order valence-corrected chi connectivity index (χ4v) is 3.66. The van der Waals surface area contributed by atoms with E-state index >= 15 is 0 Å². The van der Waals surface area contributed by atoms with Crippen LogP contribution in [0.3, 0.4) is 0 Å². The van der Waals surface area contributed by atoms with Crippen molar-refractivity contribution in [1.82, 2.24) is 15.3 Å². The van der Waals surface area contributed by atoms with Gasteiger partial charge in [0.2, 0.25) is 5.95 Å². The number of hydrogen-bond donors (Lipinski definition) is 1. The first-order valence-electron chi connectivity index (χ1n) is 8.80. The molecule has 2 aromatic rings. The van der Waals surface area contributed by atoms with Crippen LogP contribution in [0.2, 0.25) is 0 Å². The summed E-state index contributed by atoms with van der Waals surface area (Å²) in [6.07, 6.45) is 8.48. The molecule has 1 amide bonds. The summed E-state index contributed by atoms with van der Waals surface area (Å²) in [5.74, 6) is 0.522. The number of carbonyl (C=O) groups is 1. The van der Waals surface area contributed by atoms with Gasteiger partial charge in [0.25, 0.3) is 5.91 Å². The van der Waals surface area contributed by atoms with Gasteiger partial charge in [-0.3, -0.25) is 4.79 Å². The summed E-state index contributed by atoms with van der Waals surface area (Å²) < 4.78 is 0. The summed E-state index contributed by atoms with van der Waals surface area (Å²) >= 11 is 0. The molecule has 1 N–H and O–H groups in total. The van der Waals surface area contributed by atoms with Crippen LogP contribution in [0, 0.1) is 0 Å². The van der Waals surface area contributed by atoms with Gasteiger partial charge in [-0.1, -0.05) is 37.5 Å². The topological polar surface area (TPSA) is 58.1 Å². The molecule has 1 saturated carbocycles. The molecule has 2 heterocycles. The highest BCUT2D eigenvalue weighted by molar-refractivity contribution is 5.92. The third kappa shape index (κ3) is 2.98. The molecule has 1 aliphatic heterocycles. The Morgan fingerprint density at radius 2 is 1.96 bits per heavy atom. The third-order valence-electron chi connectivity index (χ3n) is 4.94. The zero-order valence-corrected chi connectivity index (χ0v) is 13.7. The second-order valence-electron chi connectivity index (χ2n) is 6.58. The van der Waals surface area contributed by atoms with E-state index in [2.05, 4.69) is 38.4 Å². The van der Waals surface area contributed by atoms with Gasteiger partial charge in [0.15, 0.2) is 0 Å². The van der Waals surface area contributed by atoms with Gasteiger partial charge in [-0.15, -0.1) is 0 Å². The van der Waals surface area contributed by atoms with Gasteiger partial charge in [-0.25, -0.2) is 9.97 Å². The molecule has 4 rings (SSSR count). The number of anilines is 2. The molecule has 1 aliphatic carbocycles. The van der Waals surface area contributed by atoms with E-state index in [4.69, 9.17) is 0 Å². The van der Waals surface area contributed by atoms with Gasteiger partial charge in [0, 0.05) is 24.5 Å². The average molecular weight is 322 g/mol. The zero-order chi connectivity index (χ0) is 16.4. The summed E-state index contributed by atoms with van der Waals surface area (Å²) in [6.45, 7) is 0.854. The molecule has 1 aromatic heterocycles. The maximum Gasteiger partial charge on any atom is 0.270 e. The second-order valence-corrected chi connectivity index (χ2v) is 6.58. The summed E-state index contributed by atoms with van der Waals surface area (Å²) in [6, 6.07) is 10.3. The Bertz CT molecular complexity index is 740. The number of nitrogens with zero attached hydrogens (tertiary/aromatic N) is 3. The third-order valence-corrected chi connectivity index (χ3v) is 4.94. The van der Waals surface area contributed by atoms with E-state index in [0.29, 0.717) is 11.6 Å². The number of para-hydroxylation sites is 1. The van der Waals surface area contributed by atoms with Crippen molar-refractivity contribution in [2.45, 2.75) is 44.6 Å². The zero-order valence-electron chi connectivity index (χ0n) is 13.7. The minimum atomic E-state index is -0.0852. The number of rotatable bonds is 3. The largest absolute Gasteiger partial charge is 0.348 e. The quantitative estimate of drug-likeness (QED) is 0.942. The van der Waals surface area contributed by atoms with Crippen molar-refractivity contribution in [3.8, 4) is 0 Å². The maximum absolute atomic E-state index is 12.5. The molecular weight excluding hydrogens is 300 g/mol. The smallest absolute Gasteiger partial charge is 0.270 e. The fraction of sp³-hybridized carbons (Fsp3) is 0.421. The molecule has 1 aromatic carbocycles. The maximum atomic E-state index is 12.5. The number of carbonyl (C=O) groups excluding carboxylic acids is 1. The van der Waals surface area contributed by atoms with Gasteiger partial charge < -0.3 is 10.2 Å². The van der Waals surface area contributed by atoms with Crippen LogP contribution in [0.4, 0.5) is 11.6 Å². The molecule has 1 fully saturated rings. The number of benzene rings is 1. The predicted molar refractivity (Wildman–Crippen MR) is 93.5 cm³/mol. The molecule has 24 heavy (non-hydrogen) atoms. The first-order chi connectivity index (χ1) is 11.8. The Balaban J connectivity index is 1.53. The Kier molecular flexibility index (Phi) is 4.15. The summed E-state index contributed by atoms with van der Waals surface area (Å²) in [4.78, 5) is 23.5. The predicted octanol–water partition coefficient (Wildman–Crippen LogP) is 3.23. The monoisotopic (exact) mass is 322 g/mol.